The van der Waals surface area contributed by atoms with E-state index in [-0.39, 0.29) is 18.0 Å². The Balaban J connectivity index is 2.23. The van der Waals surface area contributed by atoms with Crippen LogP contribution < -0.4 is 0 Å². The molecule has 1 fully saturated rings. The van der Waals surface area contributed by atoms with Crippen LogP contribution in [0.25, 0.3) is 0 Å². The number of halogens is 1. The van der Waals surface area contributed by atoms with E-state index in [4.69, 9.17) is 21.1 Å². The quantitative estimate of drug-likeness (QED) is 0.795. The molecule has 2 heterocycles. The van der Waals surface area contributed by atoms with Crippen LogP contribution in [0.4, 0.5) is 0 Å². The maximum atomic E-state index is 9.21. The molecular formula is C10H13ClN2O3. The van der Waals surface area contributed by atoms with Crippen molar-refractivity contribution >= 4 is 11.6 Å². The van der Waals surface area contributed by atoms with E-state index in [9.17, 15) is 5.11 Å². The average molecular weight is 245 g/mol. The van der Waals surface area contributed by atoms with Crippen LogP contribution in [0.1, 0.15) is 25.5 Å². The van der Waals surface area contributed by atoms with Gasteiger partial charge in [0, 0.05) is 18.0 Å². The lowest BCUT2D eigenvalue weighted by atomic mass is 10.1. The molecule has 1 aliphatic rings. The van der Waals surface area contributed by atoms with E-state index >= 15 is 0 Å². The summed E-state index contributed by atoms with van der Waals surface area (Å²) in [4.78, 5) is 7.75. The second kappa shape index (κ2) is 4.25. The highest BCUT2D eigenvalue weighted by Gasteiger charge is 2.41. The summed E-state index contributed by atoms with van der Waals surface area (Å²) >= 11 is 5.60. The lowest BCUT2D eigenvalue weighted by Crippen LogP contribution is -2.23. The molecule has 0 radical (unpaired) electrons. The van der Waals surface area contributed by atoms with Gasteiger partial charge in [0.25, 0.3) is 0 Å². The second-order valence-electron chi connectivity index (χ2n) is 4.06. The van der Waals surface area contributed by atoms with Gasteiger partial charge < -0.3 is 14.6 Å². The molecular weight excluding hydrogens is 232 g/mol. The van der Waals surface area contributed by atoms with Crippen LogP contribution >= 0.6 is 11.6 Å². The van der Waals surface area contributed by atoms with Gasteiger partial charge in [-0.05, 0) is 25.4 Å². The SMILES string of the molecule is CC1(C)OC(CO)C(c2cnc(Cl)nc2)O1. The van der Waals surface area contributed by atoms with Crippen LogP contribution in [0, 0.1) is 0 Å². The van der Waals surface area contributed by atoms with Crippen molar-refractivity contribution in [2.24, 2.45) is 0 Å². The fourth-order valence-electron chi connectivity index (χ4n) is 1.72. The monoisotopic (exact) mass is 244 g/mol. The van der Waals surface area contributed by atoms with Crippen molar-refractivity contribution in [1.82, 2.24) is 9.97 Å². The van der Waals surface area contributed by atoms with E-state index in [0.29, 0.717) is 0 Å². The smallest absolute Gasteiger partial charge is 0.222 e. The zero-order valence-electron chi connectivity index (χ0n) is 9.05. The molecule has 1 N–H and O–H groups in total. The van der Waals surface area contributed by atoms with E-state index in [1.54, 1.807) is 26.2 Å². The molecule has 0 spiro atoms. The topological polar surface area (TPSA) is 64.5 Å². The molecule has 1 aromatic heterocycles. The van der Waals surface area contributed by atoms with Gasteiger partial charge in [0.05, 0.1) is 6.61 Å². The van der Waals surface area contributed by atoms with Crippen LogP contribution in [-0.2, 0) is 9.47 Å². The third-order valence-electron chi connectivity index (χ3n) is 2.33. The summed E-state index contributed by atoms with van der Waals surface area (Å²) in [7, 11) is 0. The highest BCUT2D eigenvalue weighted by atomic mass is 35.5. The fourth-order valence-corrected chi connectivity index (χ4v) is 1.82. The molecule has 0 saturated carbocycles. The van der Waals surface area contributed by atoms with E-state index in [1.807, 2.05) is 0 Å². The number of hydrogen-bond donors (Lipinski definition) is 1. The van der Waals surface area contributed by atoms with Crippen molar-refractivity contribution < 1.29 is 14.6 Å². The first-order valence-corrected chi connectivity index (χ1v) is 5.33. The summed E-state index contributed by atoms with van der Waals surface area (Å²) in [6.07, 6.45) is 2.39. The molecule has 2 atom stereocenters. The van der Waals surface area contributed by atoms with E-state index in [0.717, 1.165) is 5.56 Å². The molecule has 0 amide bonds. The van der Waals surface area contributed by atoms with Crippen LogP contribution in [0.5, 0.6) is 0 Å². The maximum absolute atomic E-state index is 9.21. The Bertz CT molecular complexity index is 369. The second-order valence-corrected chi connectivity index (χ2v) is 4.40. The minimum atomic E-state index is -0.711. The number of ether oxygens (including phenoxy) is 2. The van der Waals surface area contributed by atoms with Gasteiger partial charge in [-0.2, -0.15) is 0 Å². The van der Waals surface area contributed by atoms with Crippen molar-refractivity contribution in [2.75, 3.05) is 6.61 Å². The largest absolute Gasteiger partial charge is 0.394 e. The number of nitrogens with zero attached hydrogens (tertiary/aromatic N) is 2. The van der Waals surface area contributed by atoms with Gasteiger partial charge in [0.2, 0.25) is 5.28 Å². The number of aromatic nitrogens is 2. The number of aliphatic hydroxyl groups is 1. The summed E-state index contributed by atoms with van der Waals surface area (Å²) in [6.45, 7) is 3.48. The summed E-state index contributed by atoms with van der Waals surface area (Å²) in [5, 5.41) is 9.40. The van der Waals surface area contributed by atoms with E-state index in [1.165, 1.54) is 0 Å². The van der Waals surface area contributed by atoms with Crippen LogP contribution in [0.2, 0.25) is 5.28 Å². The van der Waals surface area contributed by atoms with Gasteiger partial charge in [-0.3, -0.25) is 0 Å². The van der Waals surface area contributed by atoms with Gasteiger partial charge in [-0.25, -0.2) is 9.97 Å². The summed E-state index contributed by atoms with van der Waals surface area (Å²) in [5.74, 6) is -0.711. The number of rotatable bonds is 2. The van der Waals surface area contributed by atoms with Gasteiger partial charge in [-0.15, -0.1) is 0 Å². The molecule has 2 rings (SSSR count). The average Bonchev–Trinajstić information content (AvgIpc) is 2.55. The number of hydrogen-bond acceptors (Lipinski definition) is 5. The summed E-state index contributed by atoms with van der Waals surface area (Å²) < 4.78 is 11.2. The lowest BCUT2D eigenvalue weighted by molar-refractivity contribution is -0.149. The van der Waals surface area contributed by atoms with Crippen LogP contribution in [-0.4, -0.2) is 33.6 Å². The first-order chi connectivity index (χ1) is 7.52. The minimum Gasteiger partial charge on any atom is -0.394 e. The lowest BCUT2D eigenvalue weighted by Gasteiger charge is -2.16. The van der Waals surface area contributed by atoms with E-state index < -0.39 is 11.9 Å². The van der Waals surface area contributed by atoms with Crippen molar-refractivity contribution in [3.05, 3.63) is 23.2 Å². The normalized spacial score (nSPS) is 28.2. The van der Waals surface area contributed by atoms with Gasteiger partial charge in [0.15, 0.2) is 5.79 Å². The zero-order chi connectivity index (χ0) is 11.8. The summed E-state index contributed by atoms with van der Waals surface area (Å²) in [6, 6.07) is 0. The first-order valence-electron chi connectivity index (χ1n) is 4.96. The molecule has 5 nitrogen and oxygen atoms in total. The first kappa shape index (κ1) is 11.7. The molecule has 1 saturated heterocycles. The Morgan fingerprint density at radius 1 is 1.38 bits per heavy atom. The Morgan fingerprint density at radius 3 is 2.56 bits per heavy atom. The molecule has 88 valence electrons. The molecule has 1 aliphatic heterocycles. The zero-order valence-corrected chi connectivity index (χ0v) is 9.81. The third-order valence-corrected chi connectivity index (χ3v) is 2.53. The van der Waals surface area contributed by atoms with Crippen molar-refractivity contribution in [3.63, 3.8) is 0 Å². The minimum absolute atomic E-state index is 0.114. The van der Waals surface area contributed by atoms with Crippen molar-refractivity contribution in [1.29, 1.82) is 0 Å². The highest BCUT2D eigenvalue weighted by molar-refractivity contribution is 6.28. The highest BCUT2D eigenvalue weighted by Crippen LogP contribution is 2.37. The van der Waals surface area contributed by atoms with Crippen molar-refractivity contribution in [3.8, 4) is 0 Å². The molecule has 6 heteroatoms. The van der Waals surface area contributed by atoms with E-state index in [2.05, 4.69) is 9.97 Å². The molecule has 0 aromatic carbocycles. The predicted molar refractivity (Wildman–Crippen MR) is 56.9 cm³/mol. The Kier molecular flexibility index (Phi) is 3.12. The van der Waals surface area contributed by atoms with Crippen LogP contribution in [0.3, 0.4) is 0 Å². The number of aliphatic hydroxyl groups excluding tert-OH is 1. The molecule has 0 bridgehead atoms. The molecule has 2 unspecified atom stereocenters. The molecule has 16 heavy (non-hydrogen) atoms. The maximum Gasteiger partial charge on any atom is 0.222 e. The fraction of sp³-hybridized carbons (Fsp3) is 0.600. The van der Waals surface area contributed by atoms with Crippen LogP contribution in [0.15, 0.2) is 12.4 Å². The predicted octanol–water partition coefficient (Wildman–Crippen LogP) is 1.31. The Morgan fingerprint density at radius 2 is 2.00 bits per heavy atom. The Hall–Kier alpha value is -0.750. The molecule has 0 aliphatic carbocycles. The Labute approximate surface area is 98.4 Å². The van der Waals surface area contributed by atoms with Crippen molar-refractivity contribution in [2.45, 2.75) is 31.8 Å². The van der Waals surface area contributed by atoms with Gasteiger partial charge in [0.1, 0.15) is 12.2 Å². The molecule has 1 aromatic rings. The van der Waals surface area contributed by atoms with Gasteiger partial charge >= 0.3 is 0 Å². The third kappa shape index (κ3) is 2.32. The standard InChI is InChI=1S/C10H13ClN2O3/c1-10(2)15-7(5-14)8(16-10)6-3-12-9(11)13-4-6/h3-4,7-8,14H,5H2,1-2H3. The van der Waals surface area contributed by atoms with Gasteiger partial charge in [-0.1, -0.05) is 0 Å². The summed E-state index contributed by atoms with van der Waals surface area (Å²) in [5.41, 5.74) is 0.744.